The molecule has 0 radical (unpaired) electrons. The highest BCUT2D eigenvalue weighted by atomic mass is 35.5. The summed E-state index contributed by atoms with van der Waals surface area (Å²) in [6, 6.07) is 0.684. The van der Waals surface area contributed by atoms with Gasteiger partial charge < -0.3 is 15.0 Å². The second-order valence-corrected chi connectivity index (χ2v) is 6.76. The Kier molecular flexibility index (Phi) is 7.12. The van der Waals surface area contributed by atoms with Gasteiger partial charge in [-0.1, -0.05) is 0 Å². The third kappa shape index (κ3) is 4.14. The summed E-state index contributed by atoms with van der Waals surface area (Å²) in [5.74, 6) is 0.904. The number of anilines is 1. The number of rotatable bonds is 2. The number of piperazine rings is 1. The molecule has 3 saturated heterocycles. The minimum atomic E-state index is 0. The van der Waals surface area contributed by atoms with Gasteiger partial charge in [0.2, 0.25) is 5.95 Å². The topological polar surface area (TPSA) is 69.3 Å². The van der Waals surface area contributed by atoms with Gasteiger partial charge in [-0.05, 0) is 38.8 Å². The van der Waals surface area contributed by atoms with Gasteiger partial charge >= 0.3 is 0 Å². The normalized spacial score (nSPS) is 27.3. The summed E-state index contributed by atoms with van der Waals surface area (Å²) < 4.78 is 6.21. The van der Waals surface area contributed by atoms with Crippen LogP contribution < -0.4 is 10.2 Å². The molecule has 3 aliphatic rings. The minimum Gasteiger partial charge on any atom is -0.375 e. The lowest BCUT2D eigenvalue weighted by Gasteiger charge is -2.48. The molecule has 1 spiro atoms. The van der Waals surface area contributed by atoms with Crippen LogP contribution in [-0.4, -0.2) is 77.6 Å². The van der Waals surface area contributed by atoms with Gasteiger partial charge in [0.1, 0.15) is 6.33 Å². The maximum Gasteiger partial charge on any atom is 0.221 e. The summed E-state index contributed by atoms with van der Waals surface area (Å²) in [7, 11) is 0. The van der Waals surface area contributed by atoms with Crippen molar-refractivity contribution in [3.05, 3.63) is 6.33 Å². The highest BCUT2D eigenvalue weighted by Gasteiger charge is 2.40. The first kappa shape index (κ1) is 19.7. The van der Waals surface area contributed by atoms with Crippen molar-refractivity contribution in [3.63, 3.8) is 0 Å². The van der Waals surface area contributed by atoms with Crippen LogP contribution in [0, 0.1) is 0 Å². The summed E-state index contributed by atoms with van der Waals surface area (Å²) >= 11 is 0. The number of H-pyrrole nitrogens is 1. The van der Waals surface area contributed by atoms with E-state index in [9.17, 15) is 0 Å². The molecule has 0 amide bonds. The number of ether oxygens (including phenoxy) is 1. The molecule has 24 heavy (non-hydrogen) atoms. The summed E-state index contributed by atoms with van der Waals surface area (Å²) in [6.45, 7) is 7.41. The Morgan fingerprint density at radius 3 is 2.54 bits per heavy atom. The van der Waals surface area contributed by atoms with E-state index in [0.717, 1.165) is 51.8 Å². The molecule has 1 atom stereocenters. The number of halogens is 2. The quantitative estimate of drug-likeness (QED) is 0.801. The molecule has 1 aromatic heterocycles. The second-order valence-electron chi connectivity index (χ2n) is 6.76. The predicted octanol–water partition coefficient (Wildman–Crippen LogP) is 1.07. The van der Waals surface area contributed by atoms with E-state index >= 15 is 0 Å². The molecule has 1 unspecified atom stereocenters. The molecule has 0 saturated carbocycles. The Bertz CT molecular complexity index is 469. The van der Waals surface area contributed by atoms with Crippen LogP contribution in [0.2, 0.25) is 0 Å². The van der Waals surface area contributed by atoms with E-state index in [1.165, 1.54) is 25.7 Å². The average Bonchev–Trinajstić information content (AvgIpc) is 3.10. The molecule has 0 aromatic carbocycles. The molecule has 9 heteroatoms. The minimum absolute atomic E-state index is 0. The van der Waals surface area contributed by atoms with Crippen molar-refractivity contribution in [2.24, 2.45) is 0 Å². The maximum absolute atomic E-state index is 6.21. The first-order valence-electron chi connectivity index (χ1n) is 8.54. The largest absolute Gasteiger partial charge is 0.375 e. The Hall–Kier alpha value is -0.600. The zero-order chi connectivity index (χ0) is 14.8. The van der Waals surface area contributed by atoms with Crippen LogP contribution in [0.5, 0.6) is 0 Å². The molecular weight excluding hydrogens is 351 g/mol. The first-order chi connectivity index (χ1) is 10.8. The molecule has 0 aliphatic carbocycles. The summed E-state index contributed by atoms with van der Waals surface area (Å²) in [5, 5.41) is 10.4. The van der Waals surface area contributed by atoms with Crippen molar-refractivity contribution in [3.8, 4) is 0 Å². The fourth-order valence-electron chi connectivity index (χ4n) is 4.19. The van der Waals surface area contributed by atoms with Crippen molar-refractivity contribution >= 4 is 30.8 Å². The number of nitrogens with zero attached hydrogens (tertiary/aromatic N) is 4. The molecule has 7 nitrogen and oxygen atoms in total. The van der Waals surface area contributed by atoms with Crippen molar-refractivity contribution < 1.29 is 4.74 Å². The Balaban J connectivity index is 0.00000104. The van der Waals surface area contributed by atoms with Crippen LogP contribution in [0.25, 0.3) is 0 Å². The molecule has 3 fully saturated rings. The number of hydrogen-bond acceptors (Lipinski definition) is 6. The summed E-state index contributed by atoms with van der Waals surface area (Å²) in [6.07, 6.45) is 6.30. The van der Waals surface area contributed by atoms with Crippen LogP contribution >= 0.6 is 24.8 Å². The van der Waals surface area contributed by atoms with Gasteiger partial charge in [-0.15, -0.1) is 24.8 Å². The molecule has 2 N–H and O–H groups in total. The number of aromatic nitrogens is 3. The van der Waals surface area contributed by atoms with Crippen LogP contribution in [0.1, 0.15) is 25.7 Å². The highest BCUT2D eigenvalue weighted by molar-refractivity contribution is 5.85. The van der Waals surface area contributed by atoms with Gasteiger partial charge in [-0.2, -0.15) is 10.1 Å². The lowest BCUT2D eigenvalue weighted by atomic mass is 9.82. The first-order valence-corrected chi connectivity index (χ1v) is 8.54. The van der Waals surface area contributed by atoms with Crippen LogP contribution in [0.15, 0.2) is 6.33 Å². The maximum atomic E-state index is 6.21. The van der Waals surface area contributed by atoms with Gasteiger partial charge in [0.15, 0.2) is 0 Å². The van der Waals surface area contributed by atoms with E-state index < -0.39 is 0 Å². The van der Waals surface area contributed by atoms with Gasteiger partial charge in [0.05, 0.1) is 5.60 Å². The third-order valence-corrected chi connectivity index (χ3v) is 5.51. The third-order valence-electron chi connectivity index (χ3n) is 5.51. The van der Waals surface area contributed by atoms with Crippen LogP contribution in [0.3, 0.4) is 0 Å². The molecule has 0 bridgehead atoms. The zero-order valence-corrected chi connectivity index (χ0v) is 15.6. The molecule has 4 rings (SSSR count). The van der Waals surface area contributed by atoms with Crippen molar-refractivity contribution in [1.29, 1.82) is 0 Å². The smallest absolute Gasteiger partial charge is 0.221 e. The fraction of sp³-hybridized carbons (Fsp3) is 0.867. The van der Waals surface area contributed by atoms with Gasteiger partial charge in [0, 0.05) is 38.8 Å². The number of nitrogens with one attached hydrogen (secondary N) is 2. The predicted molar refractivity (Wildman–Crippen MR) is 98.5 cm³/mol. The van der Waals surface area contributed by atoms with Gasteiger partial charge in [0.25, 0.3) is 0 Å². The Morgan fingerprint density at radius 1 is 1.12 bits per heavy atom. The number of aromatic amines is 1. The number of hydrogen-bond donors (Lipinski definition) is 2. The molecular formula is C15H28Cl2N6O. The molecule has 4 heterocycles. The average molecular weight is 379 g/mol. The monoisotopic (exact) mass is 378 g/mol. The van der Waals surface area contributed by atoms with E-state index in [0.29, 0.717) is 6.04 Å². The summed E-state index contributed by atoms with van der Waals surface area (Å²) in [5.41, 5.74) is 0.149. The van der Waals surface area contributed by atoms with Crippen molar-refractivity contribution in [1.82, 2.24) is 25.4 Å². The van der Waals surface area contributed by atoms with E-state index in [4.69, 9.17) is 4.74 Å². The van der Waals surface area contributed by atoms with E-state index in [1.54, 1.807) is 6.33 Å². The van der Waals surface area contributed by atoms with E-state index in [1.807, 2.05) is 0 Å². The molecule has 138 valence electrons. The molecule has 3 aliphatic heterocycles. The summed E-state index contributed by atoms with van der Waals surface area (Å²) in [4.78, 5) is 9.22. The standard InChI is InChI=1S/C15H26N6O.2ClH/c1-10-22-15(2-4-16-5-3-15)11-13(1)20-6-8-21(9-7-20)14-17-12-18-19-14;;/h12-13,16H,1-11H2,(H,17,18,19);2*1H. The Morgan fingerprint density at radius 2 is 1.88 bits per heavy atom. The number of piperidine rings is 1. The van der Waals surface area contributed by atoms with E-state index in [2.05, 4.69) is 30.3 Å². The Labute approximate surface area is 155 Å². The van der Waals surface area contributed by atoms with Crippen LogP contribution in [0.4, 0.5) is 5.95 Å². The SMILES string of the molecule is Cl.Cl.c1n[nH]c(N2CCN(C3CCOC4(CCNCC4)C3)CC2)n1. The van der Waals surface area contributed by atoms with Crippen molar-refractivity contribution in [2.75, 3.05) is 50.8 Å². The second kappa shape index (κ2) is 8.67. The lowest BCUT2D eigenvalue weighted by molar-refractivity contribution is -0.121. The lowest BCUT2D eigenvalue weighted by Crippen LogP contribution is -2.57. The fourth-order valence-corrected chi connectivity index (χ4v) is 4.19. The van der Waals surface area contributed by atoms with Gasteiger partial charge in [-0.25, -0.2) is 5.10 Å². The molecule has 1 aromatic rings. The highest BCUT2D eigenvalue weighted by Crippen LogP contribution is 2.35. The zero-order valence-electron chi connectivity index (χ0n) is 13.9. The van der Waals surface area contributed by atoms with E-state index in [-0.39, 0.29) is 30.4 Å². The van der Waals surface area contributed by atoms with Gasteiger partial charge in [-0.3, -0.25) is 4.90 Å². The van der Waals surface area contributed by atoms with Crippen LogP contribution in [-0.2, 0) is 4.74 Å². The van der Waals surface area contributed by atoms with Crippen molar-refractivity contribution in [2.45, 2.75) is 37.3 Å².